The lowest BCUT2D eigenvalue weighted by atomic mass is 10.2. The summed E-state index contributed by atoms with van der Waals surface area (Å²) in [4.78, 5) is 15.5. The van der Waals surface area contributed by atoms with E-state index in [1.807, 2.05) is 0 Å². The van der Waals surface area contributed by atoms with Crippen LogP contribution in [0.25, 0.3) is 0 Å². The Balaban J connectivity index is 2.22. The van der Waals surface area contributed by atoms with Crippen molar-refractivity contribution in [3.63, 3.8) is 0 Å². The first-order valence-electron chi connectivity index (χ1n) is 4.84. The van der Waals surface area contributed by atoms with E-state index in [-0.39, 0.29) is 17.1 Å². The van der Waals surface area contributed by atoms with Crippen molar-refractivity contribution in [2.45, 2.75) is 6.92 Å². The summed E-state index contributed by atoms with van der Waals surface area (Å²) >= 11 is 0. The summed E-state index contributed by atoms with van der Waals surface area (Å²) in [6.07, 6.45) is 1.16. The van der Waals surface area contributed by atoms with Crippen LogP contribution in [0.1, 0.15) is 16.2 Å². The molecule has 0 saturated heterocycles. The molecule has 17 heavy (non-hydrogen) atoms. The summed E-state index contributed by atoms with van der Waals surface area (Å²) < 4.78 is 18.3. The number of amides is 1. The zero-order chi connectivity index (χ0) is 12.4. The molecule has 1 aromatic heterocycles. The number of benzene rings is 1. The molecule has 6 heteroatoms. The lowest BCUT2D eigenvalue weighted by molar-refractivity contribution is 0.0995. The summed E-state index contributed by atoms with van der Waals surface area (Å²) in [6, 6.07) is 4.00. The fourth-order valence-corrected chi connectivity index (χ4v) is 1.33. The molecule has 0 unspecified atom stereocenters. The van der Waals surface area contributed by atoms with Crippen LogP contribution in [0.4, 0.5) is 15.8 Å². The van der Waals surface area contributed by atoms with Crippen LogP contribution in [0.15, 0.2) is 29.0 Å². The first-order valence-corrected chi connectivity index (χ1v) is 4.84. The molecule has 0 aliphatic heterocycles. The number of carbonyl (C=O) groups excluding carboxylic acids is 1. The van der Waals surface area contributed by atoms with Crippen molar-refractivity contribution in [3.05, 3.63) is 41.9 Å². The second-order valence-electron chi connectivity index (χ2n) is 3.46. The first-order chi connectivity index (χ1) is 8.08. The maximum atomic E-state index is 13.4. The predicted molar refractivity (Wildman–Crippen MR) is 60.0 cm³/mol. The molecule has 2 aromatic rings. The standard InChI is InChI=1S/C11H10FN3O2/c1-6-10(17-5-14-6)11(16)15-9-3-2-7(13)4-8(9)12/h2-5H,13H2,1H3,(H,15,16). The van der Waals surface area contributed by atoms with Gasteiger partial charge < -0.3 is 15.5 Å². The predicted octanol–water partition coefficient (Wildman–Crippen LogP) is 1.96. The van der Waals surface area contributed by atoms with Crippen LogP contribution in [-0.2, 0) is 0 Å². The van der Waals surface area contributed by atoms with Gasteiger partial charge in [0.15, 0.2) is 6.39 Å². The highest BCUT2D eigenvalue weighted by Crippen LogP contribution is 2.18. The van der Waals surface area contributed by atoms with Crippen molar-refractivity contribution in [1.29, 1.82) is 0 Å². The summed E-state index contributed by atoms with van der Waals surface area (Å²) in [5.41, 5.74) is 6.17. The Morgan fingerprint density at radius 1 is 1.53 bits per heavy atom. The topological polar surface area (TPSA) is 81.2 Å². The molecule has 88 valence electrons. The molecule has 0 aliphatic rings. The number of anilines is 2. The van der Waals surface area contributed by atoms with Crippen molar-refractivity contribution in [2.75, 3.05) is 11.1 Å². The molecule has 0 spiro atoms. The number of aryl methyl sites for hydroxylation is 1. The van der Waals surface area contributed by atoms with Gasteiger partial charge in [0.25, 0.3) is 5.91 Å². The number of hydrogen-bond donors (Lipinski definition) is 2. The van der Waals surface area contributed by atoms with Gasteiger partial charge in [-0.15, -0.1) is 0 Å². The lowest BCUT2D eigenvalue weighted by Crippen LogP contribution is -2.13. The number of nitrogens with one attached hydrogen (secondary N) is 1. The zero-order valence-corrected chi connectivity index (χ0v) is 9.03. The van der Waals surface area contributed by atoms with Gasteiger partial charge >= 0.3 is 0 Å². The zero-order valence-electron chi connectivity index (χ0n) is 9.03. The number of oxazole rings is 1. The van der Waals surface area contributed by atoms with Gasteiger partial charge in [-0.05, 0) is 25.1 Å². The molecule has 0 fully saturated rings. The Morgan fingerprint density at radius 3 is 2.88 bits per heavy atom. The Labute approximate surface area is 96.4 Å². The van der Waals surface area contributed by atoms with Crippen molar-refractivity contribution < 1.29 is 13.6 Å². The van der Waals surface area contributed by atoms with Gasteiger partial charge in [-0.2, -0.15) is 0 Å². The number of rotatable bonds is 2. The molecular formula is C11H10FN3O2. The molecular weight excluding hydrogens is 225 g/mol. The molecule has 0 aliphatic carbocycles. The SMILES string of the molecule is Cc1ncoc1C(=O)Nc1ccc(N)cc1F. The van der Waals surface area contributed by atoms with Gasteiger partial charge in [0, 0.05) is 5.69 Å². The Bertz CT molecular complexity index is 566. The molecule has 1 amide bonds. The van der Waals surface area contributed by atoms with Crippen molar-refractivity contribution >= 4 is 17.3 Å². The average Bonchev–Trinajstić information content (AvgIpc) is 2.68. The van der Waals surface area contributed by atoms with Crippen molar-refractivity contribution in [2.24, 2.45) is 0 Å². The highest BCUT2D eigenvalue weighted by molar-refractivity contribution is 6.03. The monoisotopic (exact) mass is 235 g/mol. The normalized spacial score (nSPS) is 10.2. The fraction of sp³-hybridized carbons (Fsp3) is 0.0909. The van der Waals surface area contributed by atoms with Crippen LogP contribution < -0.4 is 11.1 Å². The number of nitrogens with zero attached hydrogens (tertiary/aromatic N) is 1. The Hall–Kier alpha value is -2.37. The van der Waals surface area contributed by atoms with Crippen LogP contribution in [0.3, 0.4) is 0 Å². The third-order valence-electron chi connectivity index (χ3n) is 2.19. The fourth-order valence-electron chi connectivity index (χ4n) is 1.33. The highest BCUT2D eigenvalue weighted by Gasteiger charge is 2.15. The van der Waals surface area contributed by atoms with E-state index in [1.165, 1.54) is 12.1 Å². The third-order valence-corrected chi connectivity index (χ3v) is 2.19. The quantitative estimate of drug-likeness (QED) is 0.779. The maximum absolute atomic E-state index is 13.4. The minimum Gasteiger partial charge on any atom is -0.438 e. The lowest BCUT2D eigenvalue weighted by Gasteiger charge is -2.05. The molecule has 3 N–H and O–H groups in total. The molecule has 1 aromatic carbocycles. The van der Waals surface area contributed by atoms with Crippen LogP contribution in [0, 0.1) is 12.7 Å². The Kier molecular flexibility index (Phi) is 2.78. The van der Waals surface area contributed by atoms with Gasteiger partial charge in [-0.1, -0.05) is 0 Å². The van der Waals surface area contributed by atoms with Gasteiger partial charge in [0.05, 0.1) is 11.4 Å². The van der Waals surface area contributed by atoms with E-state index in [1.54, 1.807) is 6.92 Å². The number of aromatic nitrogens is 1. The largest absolute Gasteiger partial charge is 0.438 e. The van der Waals surface area contributed by atoms with E-state index in [2.05, 4.69) is 10.3 Å². The van der Waals surface area contributed by atoms with Crippen LogP contribution in [0.5, 0.6) is 0 Å². The van der Waals surface area contributed by atoms with E-state index >= 15 is 0 Å². The minimum atomic E-state index is -0.601. The molecule has 0 radical (unpaired) electrons. The second kappa shape index (κ2) is 4.25. The smallest absolute Gasteiger partial charge is 0.293 e. The summed E-state index contributed by atoms with van der Waals surface area (Å²) in [5, 5.41) is 2.38. The summed E-state index contributed by atoms with van der Waals surface area (Å²) in [7, 11) is 0. The average molecular weight is 235 g/mol. The van der Waals surface area contributed by atoms with Crippen molar-refractivity contribution in [1.82, 2.24) is 4.98 Å². The van der Waals surface area contributed by atoms with E-state index in [9.17, 15) is 9.18 Å². The van der Waals surface area contributed by atoms with E-state index in [4.69, 9.17) is 10.2 Å². The molecule has 5 nitrogen and oxygen atoms in total. The van der Waals surface area contributed by atoms with Crippen LogP contribution in [0.2, 0.25) is 0 Å². The van der Waals surface area contributed by atoms with E-state index in [0.717, 1.165) is 12.5 Å². The first kappa shape index (κ1) is 11.1. The molecule has 1 heterocycles. The van der Waals surface area contributed by atoms with E-state index < -0.39 is 11.7 Å². The van der Waals surface area contributed by atoms with Gasteiger partial charge in [-0.3, -0.25) is 4.79 Å². The number of nitrogen functional groups attached to an aromatic ring is 1. The summed E-state index contributed by atoms with van der Waals surface area (Å²) in [5.74, 6) is -1.10. The molecule has 0 saturated carbocycles. The maximum Gasteiger partial charge on any atom is 0.293 e. The molecule has 0 atom stereocenters. The number of hydrogen-bond acceptors (Lipinski definition) is 4. The second-order valence-corrected chi connectivity index (χ2v) is 3.46. The van der Waals surface area contributed by atoms with Gasteiger partial charge in [-0.25, -0.2) is 9.37 Å². The van der Waals surface area contributed by atoms with Gasteiger partial charge in [0.1, 0.15) is 5.82 Å². The number of halogens is 1. The van der Waals surface area contributed by atoms with Crippen LogP contribution >= 0.6 is 0 Å². The Morgan fingerprint density at radius 2 is 2.29 bits per heavy atom. The third kappa shape index (κ3) is 2.25. The molecule has 2 rings (SSSR count). The number of nitrogens with two attached hydrogens (primary N) is 1. The van der Waals surface area contributed by atoms with E-state index in [0.29, 0.717) is 5.69 Å². The minimum absolute atomic E-state index is 0.0417. The summed E-state index contributed by atoms with van der Waals surface area (Å²) in [6.45, 7) is 1.62. The van der Waals surface area contributed by atoms with Gasteiger partial charge in [0.2, 0.25) is 5.76 Å². The highest BCUT2D eigenvalue weighted by atomic mass is 19.1. The van der Waals surface area contributed by atoms with Crippen molar-refractivity contribution in [3.8, 4) is 0 Å². The van der Waals surface area contributed by atoms with Crippen LogP contribution in [-0.4, -0.2) is 10.9 Å². The number of carbonyl (C=O) groups is 1. The molecule has 0 bridgehead atoms.